The van der Waals surface area contributed by atoms with Crippen LogP contribution >= 0.6 is 0 Å². The van der Waals surface area contributed by atoms with E-state index < -0.39 is 5.54 Å². The monoisotopic (exact) mass is 256 g/mol. The SMILES string of the molecule is C=Cc1ccc(C(=O)NC(C)(C#N)C(C)(C)C)cc1. The molecular formula is C16H20N2O. The molecule has 0 saturated heterocycles. The molecule has 0 spiro atoms. The number of benzene rings is 1. The minimum Gasteiger partial charge on any atom is -0.333 e. The zero-order chi connectivity index (χ0) is 14.7. The lowest BCUT2D eigenvalue weighted by molar-refractivity contribution is 0.0868. The van der Waals surface area contributed by atoms with Crippen LogP contribution in [-0.4, -0.2) is 11.4 Å². The standard InChI is InChI=1S/C16H20N2O/c1-6-12-7-9-13(10-8-12)14(19)18-16(5,11-17)15(2,3)4/h6-10H,1H2,2-5H3,(H,18,19). The average Bonchev–Trinajstić information content (AvgIpc) is 2.37. The summed E-state index contributed by atoms with van der Waals surface area (Å²) >= 11 is 0. The van der Waals surface area contributed by atoms with Crippen molar-refractivity contribution in [3.8, 4) is 6.07 Å². The summed E-state index contributed by atoms with van der Waals surface area (Å²) in [7, 11) is 0. The summed E-state index contributed by atoms with van der Waals surface area (Å²) in [6.07, 6.45) is 1.72. The summed E-state index contributed by atoms with van der Waals surface area (Å²) in [4.78, 5) is 12.2. The maximum atomic E-state index is 12.2. The number of rotatable bonds is 3. The second-order valence-corrected chi connectivity index (χ2v) is 5.77. The van der Waals surface area contributed by atoms with Gasteiger partial charge in [0.1, 0.15) is 5.54 Å². The van der Waals surface area contributed by atoms with Crippen LogP contribution in [0.2, 0.25) is 0 Å². The fraction of sp³-hybridized carbons (Fsp3) is 0.375. The van der Waals surface area contributed by atoms with Gasteiger partial charge in [0.25, 0.3) is 5.91 Å². The van der Waals surface area contributed by atoms with Gasteiger partial charge in [-0.3, -0.25) is 4.79 Å². The summed E-state index contributed by atoms with van der Waals surface area (Å²) in [5.74, 6) is -0.241. The van der Waals surface area contributed by atoms with Gasteiger partial charge in [-0.05, 0) is 30.0 Å². The topological polar surface area (TPSA) is 52.9 Å². The van der Waals surface area contributed by atoms with Gasteiger partial charge in [0.05, 0.1) is 6.07 Å². The van der Waals surface area contributed by atoms with Crippen molar-refractivity contribution < 1.29 is 4.79 Å². The van der Waals surface area contributed by atoms with Crippen LogP contribution in [0, 0.1) is 16.7 Å². The van der Waals surface area contributed by atoms with Crippen LogP contribution in [0.15, 0.2) is 30.8 Å². The van der Waals surface area contributed by atoms with Gasteiger partial charge in [0, 0.05) is 5.56 Å². The molecular weight excluding hydrogens is 236 g/mol. The van der Waals surface area contributed by atoms with Crippen molar-refractivity contribution in [2.75, 3.05) is 0 Å². The van der Waals surface area contributed by atoms with Crippen LogP contribution in [0.4, 0.5) is 0 Å². The number of nitrogens with zero attached hydrogens (tertiary/aromatic N) is 1. The maximum absolute atomic E-state index is 12.2. The normalized spacial score (nSPS) is 14.1. The smallest absolute Gasteiger partial charge is 0.252 e. The lowest BCUT2D eigenvalue weighted by Crippen LogP contribution is -2.53. The van der Waals surface area contributed by atoms with E-state index in [0.717, 1.165) is 5.56 Å². The number of amides is 1. The maximum Gasteiger partial charge on any atom is 0.252 e. The highest BCUT2D eigenvalue weighted by atomic mass is 16.1. The molecule has 100 valence electrons. The first kappa shape index (κ1) is 15.0. The average molecular weight is 256 g/mol. The zero-order valence-electron chi connectivity index (χ0n) is 11.9. The van der Waals surface area contributed by atoms with E-state index in [-0.39, 0.29) is 11.3 Å². The number of nitriles is 1. The van der Waals surface area contributed by atoms with E-state index >= 15 is 0 Å². The first-order valence-electron chi connectivity index (χ1n) is 6.20. The minimum atomic E-state index is -0.915. The molecule has 1 unspecified atom stereocenters. The largest absolute Gasteiger partial charge is 0.333 e. The summed E-state index contributed by atoms with van der Waals surface area (Å²) in [6, 6.07) is 9.30. The highest BCUT2D eigenvalue weighted by Crippen LogP contribution is 2.29. The highest BCUT2D eigenvalue weighted by Gasteiger charge is 2.39. The highest BCUT2D eigenvalue weighted by molar-refractivity contribution is 5.95. The Hall–Kier alpha value is -2.08. The van der Waals surface area contributed by atoms with Gasteiger partial charge < -0.3 is 5.32 Å². The van der Waals surface area contributed by atoms with E-state index in [1.807, 2.05) is 32.9 Å². The molecule has 1 aromatic rings. The molecule has 3 heteroatoms. The fourth-order valence-electron chi connectivity index (χ4n) is 1.45. The molecule has 3 nitrogen and oxygen atoms in total. The van der Waals surface area contributed by atoms with Crippen LogP contribution < -0.4 is 5.32 Å². The van der Waals surface area contributed by atoms with Gasteiger partial charge in [-0.25, -0.2) is 0 Å². The predicted molar refractivity (Wildman–Crippen MR) is 77.5 cm³/mol. The molecule has 0 radical (unpaired) electrons. The summed E-state index contributed by atoms with van der Waals surface area (Å²) in [5, 5.41) is 12.1. The van der Waals surface area contributed by atoms with Gasteiger partial charge in [-0.1, -0.05) is 45.6 Å². The van der Waals surface area contributed by atoms with Gasteiger partial charge in [0.2, 0.25) is 0 Å². The van der Waals surface area contributed by atoms with E-state index in [9.17, 15) is 10.1 Å². The van der Waals surface area contributed by atoms with Gasteiger partial charge in [-0.2, -0.15) is 5.26 Å². The fourth-order valence-corrected chi connectivity index (χ4v) is 1.45. The van der Waals surface area contributed by atoms with Crippen LogP contribution in [0.25, 0.3) is 6.08 Å². The Kier molecular flexibility index (Phi) is 4.16. The molecule has 0 heterocycles. The number of hydrogen-bond acceptors (Lipinski definition) is 2. The van der Waals surface area contributed by atoms with E-state index in [1.54, 1.807) is 25.1 Å². The van der Waals surface area contributed by atoms with Crippen molar-refractivity contribution >= 4 is 12.0 Å². The summed E-state index contributed by atoms with van der Waals surface area (Å²) < 4.78 is 0. The second kappa shape index (κ2) is 5.27. The third kappa shape index (κ3) is 3.23. The third-order valence-electron chi connectivity index (χ3n) is 3.50. The van der Waals surface area contributed by atoms with Crippen molar-refractivity contribution in [3.05, 3.63) is 42.0 Å². The van der Waals surface area contributed by atoms with Gasteiger partial charge in [0.15, 0.2) is 0 Å². The molecule has 1 aromatic carbocycles. The van der Waals surface area contributed by atoms with Crippen molar-refractivity contribution in [3.63, 3.8) is 0 Å². The molecule has 0 fully saturated rings. The molecule has 1 atom stereocenters. The summed E-state index contributed by atoms with van der Waals surface area (Å²) in [6.45, 7) is 11.2. The number of carbonyl (C=O) groups excluding carboxylic acids is 1. The van der Waals surface area contributed by atoms with E-state index in [0.29, 0.717) is 5.56 Å². The minimum absolute atomic E-state index is 0.241. The molecule has 0 saturated carbocycles. The molecule has 1 N–H and O–H groups in total. The molecule has 1 rings (SSSR count). The van der Waals surface area contributed by atoms with Crippen molar-refractivity contribution in [1.29, 1.82) is 5.26 Å². The first-order chi connectivity index (χ1) is 8.73. The summed E-state index contributed by atoms with van der Waals surface area (Å²) in [5.41, 5.74) is 0.228. The number of carbonyl (C=O) groups is 1. The lowest BCUT2D eigenvalue weighted by atomic mass is 9.76. The Labute approximate surface area is 114 Å². The molecule has 0 aliphatic heterocycles. The Balaban J connectivity index is 2.96. The molecule has 0 aliphatic rings. The van der Waals surface area contributed by atoms with E-state index in [1.165, 1.54) is 0 Å². The van der Waals surface area contributed by atoms with Crippen LogP contribution in [-0.2, 0) is 0 Å². The number of nitrogens with one attached hydrogen (secondary N) is 1. The second-order valence-electron chi connectivity index (χ2n) is 5.77. The van der Waals surface area contributed by atoms with Gasteiger partial charge in [-0.15, -0.1) is 0 Å². The van der Waals surface area contributed by atoms with Gasteiger partial charge >= 0.3 is 0 Å². The molecule has 0 aromatic heterocycles. The quantitative estimate of drug-likeness (QED) is 0.901. The van der Waals surface area contributed by atoms with E-state index in [2.05, 4.69) is 18.0 Å². The first-order valence-corrected chi connectivity index (χ1v) is 6.20. The zero-order valence-corrected chi connectivity index (χ0v) is 11.9. The number of hydrogen-bond donors (Lipinski definition) is 1. The van der Waals surface area contributed by atoms with E-state index in [4.69, 9.17) is 0 Å². The lowest BCUT2D eigenvalue weighted by Gasteiger charge is -2.36. The van der Waals surface area contributed by atoms with Crippen molar-refractivity contribution in [2.24, 2.45) is 5.41 Å². The Morgan fingerprint density at radius 1 is 1.26 bits per heavy atom. The molecule has 1 amide bonds. The predicted octanol–water partition coefficient (Wildman–Crippen LogP) is 3.39. The molecule has 0 aliphatic carbocycles. The van der Waals surface area contributed by atoms with Crippen molar-refractivity contribution in [1.82, 2.24) is 5.32 Å². The van der Waals surface area contributed by atoms with Crippen LogP contribution in [0.1, 0.15) is 43.6 Å². The van der Waals surface area contributed by atoms with Crippen LogP contribution in [0.5, 0.6) is 0 Å². The Morgan fingerprint density at radius 2 is 1.79 bits per heavy atom. The Morgan fingerprint density at radius 3 is 2.16 bits per heavy atom. The molecule has 0 bridgehead atoms. The van der Waals surface area contributed by atoms with Crippen LogP contribution in [0.3, 0.4) is 0 Å². The van der Waals surface area contributed by atoms with Crippen molar-refractivity contribution in [2.45, 2.75) is 33.2 Å². The molecule has 19 heavy (non-hydrogen) atoms. The Bertz CT molecular complexity index is 517. The third-order valence-corrected chi connectivity index (χ3v) is 3.50.